The number of nitrogens with zero attached hydrogens (tertiary/aromatic N) is 4. The fourth-order valence-electron chi connectivity index (χ4n) is 2.87. The maximum absolute atomic E-state index is 12.2. The zero-order chi connectivity index (χ0) is 26.2. The normalized spacial score (nSPS) is 10.9. The molecule has 3 aromatic carbocycles. The lowest BCUT2D eigenvalue weighted by Gasteiger charge is -2.02. The average Bonchev–Trinajstić information content (AvgIpc) is 2.84. The van der Waals surface area contributed by atoms with E-state index in [-0.39, 0.29) is 33.9 Å². The van der Waals surface area contributed by atoms with Crippen LogP contribution in [0.15, 0.2) is 70.9 Å². The lowest BCUT2D eigenvalue weighted by molar-refractivity contribution is -0.385. The van der Waals surface area contributed by atoms with Crippen molar-refractivity contribution in [2.75, 3.05) is 11.5 Å². The third-order valence-electron chi connectivity index (χ3n) is 4.52. The van der Waals surface area contributed by atoms with E-state index >= 15 is 0 Å². The summed E-state index contributed by atoms with van der Waals surface area (Å²) in [5.41, 5.74) is 16.4. The van der Waals surface area contributed by atoms with Crippen molar-refractivity contribution in [2.45, 2.75) is 0 Å². The van der Waals surface area contributed by atoms with Crippen LogP contribution in [-0.2, 0) is 0 Å². The largest absolute Gasteiger partial charge is 0.399 e. The van der Waals surface area contributed by atoms with E-state index < -0.39 is 21.7 Å². The molecule has 0 radical (unpaired) electrons. The third kappa shape index (κ3) is 6.67. The number of nitro benzene ring substituents is 2. The second-order valence-electron chi connectivity index (χ2n) is 7.21. The van der Waals surface area contributed by atoms with Crippen molar-refractivity contribution >= 4 is 47.0 Å². The lowest BCUT2D eigenvalue weighted by atomic mass is 10.1. The number of hydrogen-bond donors (Lipinski definition) is 4. The van der Waals surface area contributed by atoms with Gasteiger partial charge in [0.15, 0.2) is 0 Å². The van der Waals surface area contributed by atoms with Gasteiger partial charge in [0.1, 0.15) is 0 Å². The lowest BCUT2D eigenvalue weighted by Crippen LogP contribution is -2.18. The predicted octanol–water partition coefficient (Wildman–Crippen LogP) is 2.20. The highest BCUT2D eigenvalue weighted by molar-refractivity contribution is 5.97. The van der Waals surface area contributed by atoms with Gasteiger partial charge in [0, 0.05) is 35.6 Å². The summed E-state index contributed by atoms with van der Waals surface area (Å²) in [6.45, 7) is 0. The summed E-state index contributed by atoms with van der Waals surface area (Å²) < 4.78 is 0. The summed E-state index contributed by atoms with van der Waals surface area (Å²) in [7, 11) is 0. The van der Waals surface area contributed by atoms with E-state index in [0.29, 0.717) is 11.1 Å². The molecule has 0 aromatic heterocycles. The van der Waals surface area contributed by atoms with Gasteiger partial charge in [0.2, 0.25) is 0 Å². The zero-order valence-corrected chi connectivity index (χ0v) is 18.3. The van der Waals surface area contributed by atoms with Crippen LogP contribution in [0.3, 0.4) is 0 Å². The molecule has 2 amide bonds. The number of rotatable bonds is 8. The maximum Gasteiger partial charge on any atom is 0.272 e. The predicted molar refractivity (Wildman–Crippen MR) is 132 cm³/mol. The molecule has 0 aliphatic rings. The van der Waals surface area contributed by atoms with Gasteiger partial charge in [-0.05, 0) is 23.3 Å². The molecule has 36 heavy (non-hydrogen) atoms. The zero-order valence-electron chi connectivity index (χ0n) is 18.3. The van der Waals surface area contributed by atoms with Gasteiger partial charge < -0.3 is 11.5 Å². The molecule has 0 heterocycles. The van der Waals surface area contributed by atoms with Crippen LogP contribution < -0.4 is 22.3 Å². The molecule has 0 unspecified atom stereocenters. The highest BCUT2D eigenvalue weighted by Crippen LogP contribution is 2.19. The fraction of sp³-hybridized carbons (Fsp3) is 0. The number of non-ortho nitro benzene ring substituents is 2. The number of anilines is 2. The van der Waals surface area contributed by atoms with E-state index in [4.69, 9.17) is 11.5 Å². The first-order valence-corrected chi connectivity index (χ1v) is 9.99. The number of carbonyl (C=O) groups is 2. The summed E-state index contributed by atoms with van der Waals surface area (Å²) in [5.74, 6) is -1.35. The Labute approximate surface area is 202 Å². The van der Waals surface area contributed by atoms with Gasteiger partial charge in [-0.15, -0.1) is 0 Å². The molecule has 0 aliphatic heterocycles. The molecule has 6 N–H and O–H groups in total. The number of carbonyl (C=O) groups excluding carboxylic acids is 2. The van der Waals surface area contributed by atoms with Gasteiger partial charge in [0.05, 0.1) is 33.4 Å². The Morgan fingerprint density at radius 1 is 0.694 bits per heavy atom. The van der Waals surface area contributed by atoms with Crippen LogP contribution in [0.2, 0.25) is 0 Å². The van der Waals surface area contributed by atoms with Crippen molar-refractivity contribution in [3.8, 4) is 0 Å². The second kappa shape index (κ2) is 11.0. The van der Waals surface area contributed by atoms with Crippen LogP contribution in [0, 0.1) is 20.2 Å². The fourth-order valence-corrected chi connectivity index (χ4v) is 2.87. The van der Waals surface area contributed by atoms with Crippen LogP contribution in [0.25, 0.3) is 0 Å². The van der Waals surface area contributed by atoms with Crippen LogP contribution in [0.1, 0.15) is 31.8 Å². The van der Waals surface area contributed by atoms with Crippen LogP contribution in [-0.4, -0.2) is 34.1 Å². The van der Waals surface area contributed by atoms with Gasteiger partial charge in [-0.1, -0.05) is 24.3 Å². The van der Waals surface area contributed by atoms with E-state index in [1.54, 1.807) is 24.3 Å². The number of nitrogens with one attached hydrogen (secondary N) is 2. The Morgan fingerprint density at radius 2 is 1.06 bits per heavy atom. The van der Waals surface area contributed by atoms with E-state index in [1.165, 1.54) is 24.6 Å². The Balaban J connectivity index is 1.57. The van der Waals surface area contributed by atoms with E-state index in [1.807, 2.05) is 0 Å². The highest BCUT2D eigenvalue weighted by Gasteiger charge is 2.14. The molecule has 0 aliphatic carbocycles. The minimum atomic E-state index is -0.674. The molecular formula is C22H18N8O6. The van der Waals surface area contributed by atoms with E-state index in [2.05, 4.69) is 21.1 Å². The summed E-state index contributed by atoms with van der Waals surface area (Å²) in [6, 6.07) is 13.7. The van der Waals surface area contributed by atoms with Gasteiger partial charge in [-0.2, -0.15) is 10.2 Å². The Bertz CT molecular complexity index is 1300. The van der Waals surface area contributed by atoms with Crippen molar-refractivity contribution in [1.29, 1.82) is 0 Å². The van der Waals surface area contributed by atoms with Crippen molar-refractivity contribution in [2.24, 2.45) is 10.2 Å². The Kier molecular flexibility index (Phi) is 7.61. The molecule has 3 rings (SSSR count). The average molecular weight is 490 g/mol. The van der Waals surface area contributed by atoms with Gasteiger partial charge in [-0.3, -0.25) is 29.8 Å². The van der Waals surface area contributed by atoms with Crippen LogP contribution in [0.4, 0.5) is 22.7 Å². The van der Waals surface area contributed by atoms with Gasteiger partial charge in [-0.25, -0.2) is 10.9 Å². The molecule has 182 valence electrons. The topological polar surface area (TPSA) is 221 Å². The summed E-state index contributed by atoms with van der Waals surface area (Å²) in [5, 5.41) is 29.4. The number of hydrazone groups is 2. The molecule has 0 atom stereocenters. The van der Waals surface area contributed by atoms with E-state index in [9.17, 15) is 29.8 Å². The minimum absolute atomic E-state index is 0.0137. The molecule has 14 nitrogen and oxygen atoms in total. The SMILES string of the molecule is Nc1cc(C(=O)NN=Cc2ccc(C=NNC(=O)c3cc(N)cc([N+](=O)[O-])c3)cc2)cc([N+](=O)[O-])c1. The molecule has 3 aromatic rings. The first-order valence-electron chi connectivity index (χ1n) is 9.99. The number of amides is 2. The van der Waals surface area contributed by atoms with Crippen molar-refractivity contribution in [3.05, 3.63) is 103 Å². The molecule has 0 bridgehead atoms. The summed E-state index contributed by atoms with van der Waals surface area (Å²) in [4.78, 5) is 44.8. The monoisotopic (exact) mass is 490 g/mol. The number of hydrogen-bond acceptors (Lipinski definition) is 10. The quantitative estimate of drug-likeness (QED) is 0.158. The first kappa shape index (κ1) is 25.0. The van der Waals surface area contributed by atoms with Crippen LogP contribution in [0.5, 0.6) is 0 Å². The summed E-state index contributed by atoms with van der Waals surface area (Å²) >= 11 is 0. The second-order valence-corrected chi connectivity index (χ2v) is 7.21. The van der Waals surface area contributed by atoms with Gasteiger partial charge in [0.25, 0.3) is 23.2 Å². The maximum atomic E-state index is 12.2. The van der Waals surface area contributed by atoms with E-state index in [0.717, 1.165) is 24.3 Å². The molecule has 0 spiro atoms. The Hall–Kier alpha value is -5.66. The highest BCUT2D eigenvalue weighted by atomic mass is 16.6. The molecule has 14 heteroatoms. The Morgan fingerprint density at radius 3 is 1.39 bits per heavy atom. The van der Waals surface area contributed by atoms with Crippen LogP contribution >= 0.6 is 0 Å². The van der Waals surface area contributed by atoms with Gasteiger partial charge >= 0.3 is 0 Å². The number of nitrogens with two attached hydrogens (primary N) is 2. The number of nitrogen functional groups attached to an aromatic ring is 2. The number of benzene rings is 3. The molecular weight excluding hydrogens is 472 g/mol. The molecule has 0 fully saturated rings. The smallest absolute Gasteiger partial charge is 0.272 e. The molecule has 0 saturated heterocycles. The van der Waals surface area contributed by atoms with Crippen molar-refractivity contribution in [1.82, 2.24) is 10.9 Å². The molecule has 0 saturated carbocycles. The number of nitro groups is 2. The minimum Gasteiger partial charge on any atom is -0.399 e. The standard InChI is InChI=1S/C22H18N8O6/c23-17-5-15(7-19(9-17)29(33)34)21(31)27-25-11-13-1-2-14(4-3-13)12-26-28-22(32)16-6-18(24)10-20(8-16)30(35)36/h1-12H,23-24H2,(H,27,31)(H,28,32). The first-order chi connectivity index (χ1) is 17.1. The van der Waals surface area contributed by atoms with Crippen molar-refractivity contribution in [3.63, 3.8) is 0 Å². The van der Waals surface area contributed by atoms with Crippen molar-refractivity contribution < 1.29 is 19.4 Å². The summed E-state index contributed by atoms with van der Waals surface area (Å²) in [6.07, 6.45) is 2.71. The third-order valence-corrected chi connectivity index (χ3v) is 4.52.